The van der Waals surface area contributed by atoms with Crippen molar-refractivity contribution in [3.63, 3.8) is 0 Å². The van der Waals surface area contributed by atoms with E-state index in [1.54, 1.807) is 0 Å². The molecule has 68 valence electrons. The average molecular weight is 213 g/mol. The van der Waals surface area contributed by atoms with E-state index in [4.69, 9.17) is 0 Å². The van der Waals surface area contributed by atoms with Crippen LogP contribution in [0.5, 0.6) is 0 Å². The maximum atomic E-state index is 11.0. The van der Waals surface area contributed by atoms with Crippen LogP contribution < -0.4 is 0 Å². The number of carbonyl (C=O) groups excluding carboxylic acids is 1. The van der Waals surface area contributed by atoms with Gasteiger partial charge >= 0.3 is 5.97 Å². The highest BCUT2D eigenvalue weighted by atomic mass is 32.1. The molecule has 0 saturated carbocycles. The predicted octanol–water partition coefficient (Wildman–Crippen LogP) is 1.21. The first-order chi connectivity index (χ1) is 6.27. The van der Waals surface area contributed by atoms with E-state index in [1.807, 2.05) is 0 Å². The summed E-state index contributed by atoms with van der Waals surface area (Å²) in [4.78, 5) is 15.4. The van der Waals surface area contributed by atoms with Crippen LogP contribution in [0.1, 0.15) is 14.7 Å². The molecule has 0 unspecified atom stereocenters. The molecule has 0 bridgehead atoms. The van der Waals surface area contributed by atoms with Gasteiger partial charge in [-0.1, -0.05) is 17.3 Å². The summed E-state index contributed by atoms with van der Waals surface area (Å²) in [7, 11) is 1.33. The van der Waals surface area contributed by atoms with Crippen molar-refractivity contribution < 1.29 is 9.53 Å². The molecule has 1 heterocycles. The number of esters is 1. The molecule has 0 amide bonds. The average Bonchev–Trinajstić information content (AvgIpc) is 2.62. The minimum Gasteiger partial charge on any atom is -0.465 e. The molecule has 0 aliphatic carbocycles. The van der Waals surface area contributed by atoms with Gasteiger partial charge in [-0.05, 0) is 5.92 Å². The number of ether oxygens (including phenoxy) is 1. The van der Waals surface area contributed by atoms with Gasteiger partial charge in [-0.3, -0.25) is 0 Å². The summed E-state index contributed by atoms with van der Waals surface area (Å²) in [5.41, 5.74) is 0. The zero-order chi connectivity index (χ0) is 9.68. The second-order valence-corrected chi connectivity index (χ2v) is 3.33. The second kappa shape index (κ2) is 4.90. The van der Waals surface area contributed by atoms with Gasteiger partial charge < -0.3 is 4.74 Å². The van der Waals surface area contributed by atoms with Crippen LogP contribution in [0.2, 0.25) is 0 Å². The molecule has 1 aromatic heterocycles. The van der Waals surface area contributed by atoms with Crippen LogP contribution in [-0.4, -0.2) is 23.8 Å². The van der Waals surface area contributed by atoms with E-state index in [1.165, 1.54) is 24.6 Å². The van der Waals surface area contributed by atoms with Crippen LogP contribution in [0.3, 0.4) is 0 Å². The van der Waals surface area contributed by atoms with Gasteiger partial charge in [0.2, 0.25) is 0 Å². The second-order valence-electron chi connectivity index (χ2n) is 1.98. The van der Waals surface area contributed by atoms with Crippen molar-refractivity contribution in [1.82, 2.24) is 4.98 Å². The fraction of sp³-hybridized carbons (Fsp3) is 0.250. The molecule has 1 rings (SSSR count). The number of thiol groups is 1. The number of carbonyl (C=O) groups is 1. The fourth-order valence-corrected chi connectivity index (χ4v) is 1.43. The van der Waals surface area contributed by atoms with E-state index < -0.39 is 0 Å². The van der Waals surface area contributed by atoms with Crippen LogP contribution in [0, 0.1) is 11.8 Å². The van der Waals surface area contributed by atoms with Crippen LogP contribution in [0.15, 0.2) is 6.20 Å². The Morgan fingerprint density at radius 1 is 1.85 bits per heavy atom. The van der Waals surface area contributed by atoms with E-state index >= 15 is 0 Å². The molecule has 1 aromatic rings. The lowest BCUT2D eigenvalue weighted by Gasteiger charge is -1.89. The van der Waals surface area contributed by atoms with Crippen molar-refractivity contribution in [3.8, 4) is 11.8 Å². The monoisotopic (exact) mass is 213 g/mol. The number of hydrogen-bond donors (Lipinski definition) is 1. The summed E-state index contributed by atoms with van der Waals surface area (Å²) < 4.78 is 4.52. The largest absolute Gasteiger partial charge is 0.465 e. The summed E-state index contributed by atoms with van der Waals surface area (Å²) >= 11 is 5.14. The van der Waals surface area contributed by atoms with Gasteiger partial charge in [-0.2, -0.15) is 12.6 Å². The van der Waals surface area contributed by atoms with E-state index in [-0.39, 0.29) is 5.97 Å². The summed E-state index contributed by atoms with van der Waals surface area (Å²) in [6.45, 7) is 0. The van der Waals surface area contributed by atoms with Gasteiger partial charge in [0.25, 0.3) is 0 Å². The Kier molecular flexibility index (Phi) is 3.80. The third kappa shape index (κ3) is 2.76. The van der Waals surface area contributed by atoms with Gasteiger partial charge in [0, 0.05) is 0 Å². The molecular formula is C8H7NO2S2. The van der Waals surface area contributed by atoms with E-state index in [0.29, 0.717) is 15.6 Å². The van der Waals surface area contributed by atoms with Gasteiger partial charge in [0.05, 0.1) is 19.1 Å². The lowest BCUT2D eigenvalue weighted by molar-refractivity contribution is 0.0606. The standard InChI is InChI=1S/C8H7NO2S2/c1-11-8(10)6-5-9-7(13-6)3-2-4-12/h5,12H,4H2,1H3. The number of methoxy groups -OCH3 is 1. The van der Waals surface area contributed by atoms with Crippen molar-refractivity contribution in [3.05, 3.63) is 16.1 Å². The fourth-order valence-electron chi connectivity index (χ4n) is 0.642. The Hall–Kier alpha value is -0.990. The van der Waals surface area contributed by atoms with E-state index in [9.17, 15) is 4.79 Å². The summed E-state index contributed by atoms with van der Waals surface area (Å²) in [6, 6.07) is 0. The Morgan fingerprint density at radius 2 is 2.62 bits per heavy atom. The van der Waals surface area contributed by atoms with Gasteiger partial charge in [0.1, 0.15) is 4.88 Å². The predicted molar refractivity (Wildman–Crippen MR) is 54.2 cm³/mol. The van der Waals surface area contributed by atoms with Crippen molar-refractivity contribution in [1.29, 1.82) is 0 Å². The summed E-state index contributed by atoms with van der Waals surface area (Å²) in [6.07, 6.45) is 1.46. The molecule has 0 aliphatic rings. The molecular weight excluding hydrogens is 206 g/mol. The smallest absolute Gasteiger partial charge is 0.349 e. The molecule has 5 heteroatoms. The topological polar surface area (TPSA) is 39.2 Å². The zero-order valence-corrected chi connectivity index (χ0v) is 8.61. The maximum absolute atomic E-state index is 11.0. The molecule has 0 aromatic carbocycles. The van der Waals surface area contributed by atoms with Crippen LogP contribution in [-0.2, 0) is 4.74 Å². The van der Waals surface area contributed by atoms with Gasteiger partial charge in [-0.25, -0.2) is 9.78 Å². The van der Waals surface area contributed by atoms with Crippen molar-refractivity contribution in [2.45, 2.75) is 0 Å². The van der Waals surface area contributed by atoms with Gasteiger partial charge in [0.15, 0.2) is 5.01 Å². The third-order valence-electron chi connectivity index (χ3n) is 1.17. The normalized spacial score (nSPS) is 8.77. The number of nitrogens with zero attached hydrogens (tertiary/aromatic N) is 1. The number of aromatic nitrogens is 1. The van der Waals surface area contributed by atoms with E-state index in [2.05, 4.69) is 34.2 Å². The van der Waals surface area contributed by atoms with Crippen molar-refractivity contribution in [2.24, 2.45) is 0 Å². The quantitative estimate of drug-likeness (QED) is 0.433. The molecule has 0 fully saturated rings. The molecule has 0 spiro atoms. The maximum Gasteiger partial charge on any atom is 0.349 e. The molecule has 0 N–H and O–H groups in total. The first kappa shape index (κ1) is 10.1. The van der Waals surface area contributed by atoms with Crippen molar-refractivity contribution >= 4 is 29.9 Å². The third-order valence-corrected chi connectivity index (χ3v) is 2.22. The lowest BCUT2D eigenvalue weighted by atomic mass is 10.6. The summed E-state index contributed by atoms with van der Waals surface area (Å²) in [5, 5.41) is 0.606. The van der Waals surface area contributed by atoms with Crippen LogP contribution in [0.25, 0.3) is 0 Å². The Balaban J connectivity index is 2.80. The molecule has 13 heavy (non-hydrogen) atoms. The number of rotatable bonds is 1. The van der Waals surface area contributed by atoms with Crippen molar-refractivity contribution in [2.75, 3.05) is 12.9 Å². The van der Waals surface area contributed by atoms with E-state index in [0.717, 1.165) is 0 Å². The van der Waals surface area contributed by atoms with Crippen LogP contribution in [0.4, 0.5) is 0 Å². The molecule has 0 saturated heterocycles. The highest BCUT2D eigenvalue weighted by Crippen LogP contribution is 2.12. The lowest BCUT2D eigenvalue weighted by Crippen LogP contribution is -1.96. The highest BCUT2D eigenvalue weighted by Gasteiger charge is 2.08. The highest BCUT2D eigenvalue weighted by molar-refractivity contribution is 7.80. The number of thiazole rings is 1. The SMILES string of the molecule is COC(=O)c1cnc(C#CCS)s1. The first-order valence-electron chi connectivity index (χ1n) is 3.42. The number of hydrogen-bond acceptors (Lipinski definition) is 5. The molecule has 3 nitrogen and oxygen atoms in total. The Labute approximate surface area is 85.5 Å². The first-order valence-corrected chi connectivity index (χ1v) is 4.86. The van der Waals surface area contributed by atoms with Gasteiger partial charge in [-0.15, -0.1) is 0 Å². The molecule has 0 aliphatic heterocycles. The Morgan fingerprint density at radius 3 is 3.23 bits per heavy atom. The van der Waals surface area contributed by atoms with Crippen LogP contribution >= 0.6 is 24.0 Å². The minimum atomic E-state index is -0.378. The summed E-state index contributed by atoms with van der Waals surface area (Å²) in [5.74, 6) is 5.61. The Bertz CT molecular complexity index is 362. The minimum absolute atomic E-state index is 0.378. The molecule has 0 atom stereocenters. The zero-order valence-electron chi connectivity index (χ0n) is 6.90. The molecule has 0 radical (unpaired) electrons.